The van der Waals surface area contributed by atoms with Gasteiger partial charge in [0.15, 0.2) is 0 Å². The third-order valence-corrected chi connectivity index (χ3v) is 3.18. The van der Waals surface area contributed by atoms with Crippen molar-refractivity contribution in [1.29, 1.82) is 0 Å². The minimum absolute atomic E-state index is 0.376. The summed E-state index contributed by atoms with van der Waals surface area (Å²) in [5.41, 5.74) is 5.98. The first-order valence-electron chi connectivity index (χ1n) is 5.73. The molecular weight excluding hydrogens is 160 g/mol. The molecular formula is C11H24N2. The summed E-state index contributed by atoms with van der Waals surface area (Å²) >= 11 is 0. The fourth-order valence-corrected chi connectivity index (χ4v) is 2.04. The molecule has 2 N–H and O–H groups in total. The zero-order chi connectivity index (χ0) is 9.68. The molecule has 0 aliphatic carbocycles. The van der Waals surface area contributed by atoms with Crippen LogP contribution in [0.3, 0.4) is 0 Å². The summed E-state index contributed by atoms with van der Waals surface area (Å²) in [5.74, 6) is 0. The zero-order valence-corrected chi connectivity index (χ0v) is 9.13. The van der Waals surface area contributed by atoms with E-state index < -0.39 is 0 Å². The highest BCUT2D eigenvalue weighted by atomic mass is 15.2. The summed E-state index contributed by atoms with van der Waals surface area (Å²) < 4.78 is 0. The topological polar surface area (TPSA) is 29.3 Å². The van der Waals surface area contributed by atoms with Gasteiger partial charge >= 0.3 is 0 Å². The van der Waals surface area contributed by atoms with E-state index in [9.17, 15) is 0 Å². The number of rotatable bonds is 3. The molecule has 0 aromatic rings. The van der Waals surface area contributed by atoms with Gasteiger partial charge in [-0.1, -0.05) is 19.8 Å². The average molecular weight is 184 g/mol. The monoisotopic (exact) mass is 184 g/mol. The second-order valence-electron chi connectivity index (χ2n) is 4.36. The predicted molar refractivity (Wildman–Crippen MR) is 57.8 cm³/mol. The van der Waals surface area contributed by atoms with E-state index in [1.807, 2.05) is 0 Å². The van der Waals surface area contributed by atoms with E-state index in [-0.39, 0.29) is 0 Å². The Kier molecular flexibility index (Phi) is 4.74. The summed E-state index contributed by atoms with van der Waals surface area (Å²) in [6.45, 7) is 6.87. The Labute approximate surface area is 82.5 Å². The molecule has 0 radical (unpaired) electrons. The zero-order valence-electron chi connectivity index (χ0n) is 9.13. The van der Waals surface area contributed by atoms with Gasteiger partial charge in [0.25, 0.3) is 0 Å². The molecule has 1 aliphatic heterocycles. The number of nitrogens with zero attached hydrogens (tertiary/aromatic N) is 1. The molecule has 13 heavy (non-hydrogen) atoms. The normalized spacial score (nSPS) is 28.4. The van der Waals surface area contributed by atoms with Crippen molar-refractivity contribution in [3.8, 4) is 0 Å². The van der Waals surface area contributed by atoms with Gasteiger partial charge in [0.2, 0.25) is 0 Å². The molecule has 78 valence electrons. The fourth-order valence-electron chi connectivity index (χ4n) is 2.04. The van der Waals surface area contributed by atoms with Gasteiger partial charge in [0, 0.05) is 18.6 Å². The molecule has 1 unspecified atom stereocenters. The third-order valence-electron chi connectivity index (χ3n) is 3.18. The van der Waals surface area contributed by atoms with Crippen molar-refractivity contribution in [2.45, 2.75) is 58.0 Å². The van der Waals surface area contributed by atoms with Crippen LogP contribution in [0.5, 0.6) is 0 Å². The quantitative estimate of drug-likeness (QED) is 0.727. The van der Waals surface area contributed by atoms with Crippen LogP contribution in [0.4, 0.5) is 0 Å². The van der Waals surface area contributed by atoms with Gasteiger partial charge in [-0.15, -0.1) is 0 Å². The van der Waals surface area contributed by atoms with Crippen LogP contribution in [0.15, 0.2) is 0 Å². The molecule has 1 rings (SSSR count). The summed E-state index contributed by atoms with van der Waals surface area (Å²) in [6, 6.07) is 1.13. The Balaban J connectivity index is 2.35. The Hall–Kier alpha value is -0.0800. The van der Waals surface area contributed by atoms with E-state index >= 15 is 0 Å². The SMILES string of the molecule is CC[C@@H](N)CN1CCCCCC1C. The standard InChI is InChI=1S/C11H24N2/c1-3-11(12)9-13-8-6-4-5-7-10(13)2/h10-11H,3-9,12H2,1-2H3/t10?,11-/m1/s1. The van der Waals surface area contributed by atoms with Crippen LogP contribution < -0.4 is 5.73 Å². The van der Waals surface area contributed by atoms with Crippen LogP contribution in [0.2, 0.25) is 0 Å². The molecule has 1 heterocycles. The minimum atomic E-state index is 0.376. The average Bonchev–Trinajstić information content (AvgIpc) is 2.32. The molecule has 0 bridgehead atoms. The number of hydrogen-bond acceptors (Lipinski definition) is 2. The second kappa shape index (κ2) is 5.61. The lowest BCUT2D eigenvalue weighted by Gasteiger charge is -2.29. The van der Waals surface area contributed by atoms with E-state index in [4.69, 9.17) is 5.73 Å². The highest BCUT2D eigenvalue weighted by molar-refractivity contribution is 4.75. The van der Waals surface area contributed by atoms with E-state index in [0.29, 0.717) is 6.04 Å². The maximum atomic E-state index is 5.98. The van der Waals surface area contributed by atoms with Crippen LogP contribution in [0, 0.1) is 0 Å². The lowest BCUT2D eigenvalue weighted by molar-refractivity contribution is 0.199. The number of nitrogens with two attached hydrogens (primary N) is 1. The van der Waals surface area contributed by atoms with E-state index in [2.05, 4.69) is 18.7 Å². The highest BCUT2D eigenvalue weighted by Crippen LogP contribution is 2.16. The maximum Gasteiger partial charge on any atom is 0.0165 e. The van der Waals surface area contributed by atoms with Crippen LogP contribution in [0.25, 0.3) is 0 Å². The number of likely N-dealkylation sites (tertiary alicyclic amines) is 1. The molecule has 1 saturated heterocycles. The molecule has 0 aromatic carbocycles. The predicted octanol–water partition coefficient (Wildman–Crippen LogP) is 1.99. The maximum absolute atomic E-state index is 5.98. The van der Waals surface area contributed by atoms with Gasteiger partial charge < -0.3 is 5.73 Å². The molecule has 2 heteroatoms. The smallest absolute Gasteiger partial charge is 0.0165 e. The van der Waals surface area contributed by atoms with E-state index in [0.717, 1.165) is 19.0 Å². The Bertz CT molecular complexity index is 136. The van der Waals surface area contributed by atoms with E-state index in [1.165, 1.54) is 32.2 Å². The summed E-state index contributed by atoms with van der Waals surface area (Å²) in [6.07, 6.45) is 6.63. The Morgan fingerprint density at radius 3 is 2.85 bits per heavy atom. The first-order valence-corrected chi connectivity index (χ1v) is 5.73. The second-order valence-corrected chi connectivity index (χ2v) is 4.36. The van der Waals surface area contributed by atoms with Gasteiger partial charge in [-0.2, -0.15) is 0 Å². The summed E-state index contributed by atoms with van der Waals surface area (Å²) in [7, 11) is 0. The van der Waals surface area contributed by atoms with Gasteiger partial charge in [-0.3, -0.25) is 4.90 Å². The van der Waals surface area contributed by atoms with Crippen molar-refractivity contribution in [1.82, 2.24) is 4.90 Å². The molecule has 0 aromatic heterocycles. The van der Waals surface area contributed by atoms with Crippen molar-refractivity contribution in [2.75, 3.05) is 13.1 Å². The lowest BCUT2D eigenvalue weighted by atomic mass is 10.1. The molecule has 2 nitrogen and oxygen atoms in total. The van der Waals surface area contributed by atoms with Gasteiger partial charge in [0.1, 0.15) is 0 Å². The molecule has 1 fully saturated rings. The van der Waals surface area contributed by atoms with Crippen LogP contribution in [0.1, 0.15) is 46.0 Å². The van der Waals surface area contributed by atoms with Crippen molar-refractivity contribution < 1.29 is 0 Å². The Morgan fingerprint density at radius 1 is 1.38 bits per heavy atom. The first-order chi connectivity index (χ1) is 6.24. The highest BCUT2D eigenvalue weighted by Gasteiger charge is 2.17. The largest absolute Gasteiger partial charge is 0.327 e. The minimum Gasteiger partial charge on any atom is -0.327 e. The summed E-state index contributed by atoms with van der Waals surface area (Å²) in [5, 5.41) is 0. The van der Waals surface area contributed by atoms with Crippen molar-refractivity contribution in [3.05, 3.63) is 0 Å². The molecule has 0 saturated carbocycles. The first kappa shape index (κ1) is 11.0. The molecule has 0 amide bonds. The van der Waals surface area contributed by atoms with Crippen molar-refractivity contribution in [3.63, 3.8) is 0 Å². The molecule has 0 spiro atoms. The van der Waals surface area contributed by atoms with Crippen LogP contribution in [-0.4, -0.2) is 30.1 Å². The van der Waals surface area contributed by atoms with Crippen molar-refractivity contribution in [2.24, 2.45) is 5.73 Å². The van der Waals surface area contributed by atoms with Crippen molar-refractivity contribution >= 4 is 0 Å². The van der Waals surface area contributed by atoms with Gasteiger partial charge in [0.05, 0.1) is 0 Å². The van der Waals surface area contributed by atoms with Gasteiger partial charge in [-0.25, -0.2) is 0 Å². The summed E-state index contributed by atoms with van der Waals surface area (Å²) in [4.78, 5) is 2.57. The van der Waals surface area contributed by atoms with E-state index in [1.54, 1.807) is 0 Å². The fraction of sp³-hybridized carbons (Fsp3) is 1.00. The van der Waals surface area contributed by atoms with Crippen LogP contribution >= 0.6 is 0 Å². The molecule has 2 atom stereocenters. The Morgan fingerprint density at radius 2 is 2.15 bits per heavy atom. The number of hydrogen-bond donors (Lipinski definition) is 1. The van der Waals surface area contributed by atoms with Crippen LogP contribution in [-0.2, 0) is 0 Å². The van der Waals surface area contributed by atoms with Gasteiger partial charge in [-0.05, 0) is 32.7 Å². The lowest BCUT2D eigenvalue weighted by Crippen LogP contribution is -2.41. The third kappa shape index (κ3) is 3.65. The molecule has 1 aliphatic rings.